The van der Waals surface area contributed by atoms with Gasteiger partial charge in [-0.15, -0.1) is 0 Å². The molecule has 1 aromatic heterocycles. The topological polar surface area (TPSA) is 48.0 Å². The summed E-state index contributed by atoms with van der Waals surface area (Å²) in [6, 6.07) is 2.07. The molecular weight excluding hydrogens is 176 g/mol. The van der Waals surface area contributed by atoms with Gasteiger partial charge in [0.15, 0.2) is 0 Å². The number of aromatic nitrogens is 1. The number of rotatable bonds is 7. The Bertz CT molecular complexity index is 221. The summed E-state index contributed by atoms with van der Waals surface area (Å²) in [4.78, 5) is 3.03. The van der Waals surface area contributed by atoms with E-state index in [0.717, 1.165) is 25.9 Å². The quantitative estimate of drug-likeness (QED) is 0.619. The van der Waals surface area contributed by atoms with Crippen molar-refractivity contribution >= 4 is 0 Å². The van der Waals surface area contributed by atoms with Crippen LogP contribution in [0.3, 0.4) is 0 Å². The minimum absolute atomic E-state index is 0.296. The standard InChI is InChI=1S/C11H20N2O/c1-2-10(4-6-14)7-13-9-11-3-5-12-8-11/h3,5,8,10,12-14H,2,4,6-7,9H2,1H3. The molecule has 3 nitrogen and oxygen atoms in total. The summed E-state index contributed by atoms with van der Waals surface area (Å²) in [7, 11) is 0. The lowest BCUT2D eigenvalue weighted by molar-refractivity contribution is 0.251. The molecule has 0 amide bonds. The summed E-state index contributed by atoms with van der Waals surface area (Å²) >= 11 is 0. The van der Waals surface area contributed by atoms with Gasteiger partial charge < -0.3 is 15.4 Å². The highest BCUT2D eigenvalue weighted by Gasteiger charge is 2.04. The predicted octanol–water partition coefficient (Wildman–Crippen LogP) is 1.51. The second-order valence-corrected chi connectivity index (χ2v) is 3.64. The van der Waals surface area contributed by atoms with Crippen LogP contribution in [0.2, 0.25) is 0 Å². The summed E-state index contributed by atoms with van der Waals surface area (Å²) < 4.78 is 0. The largest absolute Gasteiger partial charge is 0.396 e. The number of nitrogens with one attached hydrogen (secondary N) is 2. The predicted molar refractivity (Wildman–Crippen MR) is 58.0 cm³/mol. The Balaban J connectivity index is 2.13. The van der Waals surface area contributed by atoms with Gasteiger partial charge in [-0.3, -0.25) is 0 Å². The lowest BCUT2D eigenvalue weighted by atomic mass is 10.0. The Morgan fingerprint density at radius 1 is 1.57 bits per heavy atom. The van der Waals surface area contributed by atoms with E-state index in [1.807, 2.05) is 12.4 Å². The third kappa shape index (κ3) is 3.94. The normalized spacial score (nSPS) is 13.0. The lowest BCUT2D eigenvalue weighted by Gasteiger charge is -2.13. The van der Waals surface area contributed by atoms with Gasteiger partial charge in [-0.25, -0.2) is 0 Å². The first-order valence-electron chi connectivity index (χ1n) is 5.30. The zero-order chi connectivity index (χ0) is 10.2. The molecule has 0 aliphatic heterocycles. The molecular formula is C11H20N2O. The fourth-order valence-corrected chi connectivity index (χ4v) is 1.52. The number of aliphatic hydroxyl groups is 1. The molecule has 0 aliphatic carbocycles. The van der Waals surface area contributed by atoms with E-state index in [0.29, 0.717) is 12.5 Å². The lowest BCUT2D eigenvalue weighted by Crippen LogP contribution is -2.22. The maximum atomic E-state index is 8.82. The molecule has 1 heterocycles. The van der Waals surface area contributed by atoms with Gasteiger partial charge in [-0.1, -0.05) is 13.3 Å². The molecule has 0 aliphatic rings. The van der Waals surface area contributed by atoms with Gasteiger partial charge in [-0.05, 0) is 30.5 Å². The smallest absolute Gasteiger partial charge is 0.0434 e. The van der Waals surface area contributed by atoms with Gasteiger partial charge in [0.2, 0.25) is 0 Å². The van der Waals surface area contributed by atoms with Crippen molar-refractivity contribution < 1.29 is 5.11 Å². The summed E-state index contributed by atoms with van der Waals surface area (Å²) in [5, 5.41) is 12.2. The van der Waals surface area contributed by atoms with Crippen LogP contribution >= 0.6 is 0 Å². The van der Waals surface area contributed by atoms with Crippen molar-refractivity contribution in [2.45, 2.75) is 26.3 Å². The van der Waals surface area contributed by atoms with Crippen LogP contribution in [0.5, 0.6) is 0 Å². The average Bonchev–Trinajstić information content (AvgIpc) is 2.69. The van der Waals surface area contributed by atoms with Crippen molar-refractivity contribution in [3.8, 4) is 0 Å². The maximum absolute atomic E-state index is 8.82. The van der Waals surface area contributed by atoms with Crippen molar-refractivity contribution in [1.82, 2.24) is 10.3 Å². The van der Waals surface area contributed by atoms with Crippen LogP contribution < -0.4 is 5.32 Å². The van der Waals surface area contributed by atoms with Gasteiger partial charge in [0.05, 0.1) is 0 Å². The molecule has 3 N–H and O–H groups in total. The van der Waals surface area contributed by atoms with Crippen LogP contribution in [-0.4, -0.2) is 23.2 Å². The average molecular weight is 196 g/mol. The second kappa shape index (κ2) is 6.62. The molecule has 0 fully saturated rings. The molecule has 1 atom stereocenters. The number of hydrogen-bond donors (Lipinski definition) is 3. The first-order chi connectivity index (χ1) is 6.86. The first-order valence-corrected chi connectivity index (χ1v) is 5.30. The molecule has 80 valence electrons. The van der Waals surface area contributed by atoms with Crippen molar-refractivity contribution in [2.75, 3.05) is 13.2 Å². The van der Waals surface area contributed by atoms with Gasteiger partial charge >= 0.3 is 0 Å². The van der Waals surface area contributed by atoms with E-state index in [-0.39, 0.29) is 0 Å². The minimum Gasteiger partial charge on any atom is -0.396 e. The van der Waals surface area contributed by atoms with Gasteiger partial charge in [0.1, 0.15) is 0 Å². The fourth-order valence-electron chi connectivity index (χ4n) is 1.52. The first kappa shape index (κ1) is 11.3. The Labute approximate surface area is 85.5 Å². The number of hydrogen-bond acceptors (Lipinski definition) is 2. The SMILES string of the molecule is CCC(CCO)CNCc1cc[nH]c1. The summed E-state index contributed by atoms with van der Waals surface area (Å²) in [6.45, 7) is 4.36. The van der Waals surface area contributed by atoms with Crippen LogP contribution in [0, 0.1) is 5.92 Å². The molecule has 0 aromatic carbocycles. The van der Waals surface area contributed by atoms with Gasteiger partial charge in [0, 0.05) is 25.5 Å². The molecule has 1 aromatic rings. The minimum atomic E-state index is 0.296. The molecule has 14 heavy (non-hydrogen) atoms. The summed E-state index contributed by atoms with van der Waals surface area (Å²) in [6.07, 6.45) is 5.96. The zero-order valence-electron chi connectivity index (χ0n) is 8.79. The highest BCUT2D eigenvalue weighted by Crippen LogP contribution is 2.06. The molecule has 3 heteroatoms. The van der Waals surface area contributed by atoms with E-state index in [9.17, 15) is 0 Å². The monoisotopic (exact) mass is 196 g/mol. The maximum Gasteiger partial charge on any atom is 0.0434 e. The third-order valence-electron chi connectivity index (χ3n) is 2.54. The Hall–Kier alpha value is -0.800. The Kier molecular flexibility index (Phi) is 5.33. The molecule has 1 unspecified atom stereocenters. The van der Waals surface area contributed by atoms with E-state index < -0.39 is 0 Å². The van der Waals surface area contributed by atoms with E-state index in [1.54, 1.807) is 0 Å². The molecule has 0 saturated heterocycles. The van der Waals surface area contributed by atoms with E-state index in [1.165, 1.54) is 5.56 Å². The highest BCUT2D eigenvalue weighted by molar-refractivity contribution is 5.07. The number of H-pyrrole nitrogens is 1. The fraction of sp³-hybridized carbons (Fsp3) is 0.636. The van der Waals surface area contributed by atoms with Crippen LogP contribution in [0.15, 0.2) is 18.5 Å². The third-order valence-corrected chi connectivity index (χ3v) is 2.54. The molecule has 0 spiro atoms. The van der Waals surface area contributed by atoms with Gasteiger partial charge in [-0.2, -0.15) is 0 Å². The van der Waals surface area contributed by atoms with Crippen LogP contribution in [0.25, 0.3) is 0 Å². The Morgan fingerprint density at radius 3 is 3.00 bits per heavy atom. The summed E-state index contributed by atoms with van der Waals surface area (Å²) in [5.41, 5.74) is 1.28. The van der Waals surface area contributed by atoms with E-state index in [2.05, 4.69) is 23.3 Å². The van der Waals surface area contributed by atoms with Gasteiger partial charge in [0.25, 0.3) is 0 Å². The zero-order valence-corrected chi connectivity index (χ0v) is 8.79. The Morgan fingerprint density at radius 2 is 2.43 bits per heavy atom. The van der Waals surface area contributed by atoms with Crippen LogP contribution in [-0.2, 0) is 6.54 Å². The number of aromatic amines is 1. The number of aliphatic hydroxyl groups excluding tert-OH is 1. The van der Waals surface area contributed by atoms with Crippen molar-refractivity contribution in [1.29, 1.82) is 0 Å². The van der Waals surface area contributed by atoms with Crippen LogP contribution in [0.1, 0.15) is 25.3 Å². The molecule has 0 radical (unpaired) electrons. The van der Waals surface area contributed by atoms with E-state index >= 15 is 0 Å². The van der Waals surface area contributed by atoms with Crippen LogP contribution in [0.4, 0.5) is 0 Å². The van der Waals surface area contributed by atoms with Crippen molar-refractivity contribution in [2.24, 2.45) is 5.92 Å². The molecule has 1 rings (SSSR count). The molecule has 0 bridgehead atoms. The van der Waals surface area contributed by atoms with Crippen molar-refractivity contribution in [3.05, 3.63) is 24.0 Å². The summed E-state index contributed by atoms with van der Waals surface area (Å²) in [5.74, 6) is 0.596. The molecule has 0 saturated carbocycles. The van der Waals surface area contributed by atoms with E-state index in [4.69, 9.17) is 5.11 Å². The second-order valence-electron chi connectivity index (χ2n) is 3.64. The van der Waals surface area contributed by atoms with Crippen molar-refractivity contribution in [3.63, 3.8) is 0 Å². The highest BCUT2D eigenvalue weighted by atomic mass is 16.3.